The third-order valence-electron chi connectivity index (χ3n) is 8.00. The Hall–Kier alpha value is -1.26. The lowest BCUT2D eigenvalue weighted by Crippen LogP contribution is -2.50. The van der Waals surface area contributed by atoms with E-state index >= 15 is 0 Å². The van der Waals surface area contributed by atoms with Gasteiger partial charge in [-0.15, -0.1) is 0 Å². The number of carbonyl (C=O) groups is 1. The number of piperazine rings is 1. The van der Waals surface area contributed by atoms with E-state index in [2.05, 4.69) is 21.2 Å². The molecule has 5 heteroatoms. The van der Waals surface area contributed by atoms with Gasteiger partial charge in [-0.3, -0.25) is 9.69 Å². The molecule has 1 aliphatic heterocycles. The fraction of sp³-hybridized carbons (Fsp3) is 0.708. The summed E-state index contributed by atoms with van der Waals surface area (Å²) < 4.78 is 0. The molecule has 0 radical (unpaired) electrons. The standard InChI is InChI=1S/C24H34ClN3O/c25-21-2-1-3-22(13-21)28-8-6-27(7-9-28)5-4-26-23(29)17-24-14-18-10-19(15-24)12-20(11-18)16-24/h1-3,13,18-20H,4-12,14-17H2,(H,26,29). The summed E-state index contributed by atoms with van der Waals surface area (Å²) in [5.74, 6) is 3.06. The first-order valence-electron chi connectivity index (χ1n) is 11.6. The third kappa shape index (κ3) is 4.44. The van der Waals surface area contributed by atoms with E-state index in [1.807, 2.05) is 18.2 Å². The lowest BCUT2D eigenvalue weighted by atomic mass is 9.49. The van der Waals surface area contributed by atoms with Crippen LogP contribution in [0, 0.1) is 23.2 Å². The maximum Gasteiger partial charge on any atom is 0.220 e. The average Bonchev–Trinajstić information content (AvgIpc) is 2.67. The molecule has 0 unspecified atom stereocenters. The van der Waals surface area contributed by atoms with Gasteiger partial charge in [0.05, 0.1) is 0 Å². The molecule has 4 nitrogen and oxygen atoms in total. The number of hydrogen-bond donors (Lipinski definition) is 1. The van der Waals surface area contributed by atoms with Crippen LogP contribution in [0.1, 0.15) is 44.9 Å². The summed E-state index contributed by atoms with van der Waals surface area (Å²) in [6.07, 6.45) is 9.07. The second kappa shape index (κ2) is 8.11. The predicted octanol–water partition coefficient (Wildman–Crippen LogP) is 4.18. The molecule has 1 N–H and O–H groups in total. The summed E-state index contributed by atoms with van der Waals surface area (Å²) in [6, 6.07) is 8.12. The highest BCUT2D eigenvalue weighted by Gasteiger charge is 2.51. The number of nitrogens with one attached hydrogen (secondary N) is 1. The SMILES string of the molecule is O=C(CC12CC3CC(CC(C3)C1)C2)NCCN1CCN(c2cccc(Cl)c2)CC1. The number of anilines is 1. The maximum atomic E-state index is 12.7. The molecule has 1 aromatic carbocycles. The molecule has 0 aromatic heterocycles. The average molecular weight is 416 g/mol. The van der Waals surface area contributed by atoms with Gasteiger partial charge in [-0.1, -0.05) is 17.7 Å². The zero-order valence-corrected chi connectivity index (χ0v) is 18.2. The van der Waals surface area contributed by atoms with Gasteiger partial charge in [-0.25, -0.2) is 0 Å². The summed E-state index contributed by atoms with van der Waals surface area (Å²) in [7, 11) is 0. The van der Waals surface area contributed by atoms with Crippen molar-refractivity contribution in [1.82, 2.24) is 10.2 Å². The Morgan fingerprint density at radius 1 is 1.03 bits per heavy atom. The maximum absolute atomic E-state index is 12.7. The molecule has 158 valence electrons. The highest BCUT2D eigenvalue weighted by atomic mass is 35.5. The van der Waals surface area contributed by atoms with Crippen molar-refractivity contribution in [1.29, 1.82) is 0 Å². The van der Waals surface area contributed by atoms with Gasteiger partial charge in [-0.05, 0) is 79.9 Å². The largest absolute Gasteiger partial charge is 0.369 e. The Bertz CT molecular complexity index is 708. The van der Waals surface area contributed by atoms with Gasteiger partial charge in [0.2, 0.25) is 5.91 Å². The number of nitrogens with zero attached hydrogens (tertiary/aromatic N) is 2. The number of halogens is 1. The van der Waals surface area contributed by atoms with Crippen molar-refractivity contribution < 1.29 is 4.79 Å². The van der Waals surface area contributed by atoms with Gasteiger partial charge >= 0.3 is 0 Å². The minimum absolute atomic E-state index is 0.296. The monoisotopic (exact) mass is 415 g/mol. The van der Waals surface area contributed by atoms with Gasteiger partial charge in [-0.2, -0.15) is 0 Å². The summed E-state index contributed by atoms with van der Waals surface area (Å²) in [5.41, 5.74) is 1.56. The Kier molecular flexibility index (Phi) is 5.51. The number of rotatable bonds is 6. The summed E-state index contributed by atoms with van der Waals surface area (Å²) >= 11 is 6.13. The first kappa shape index (κ1) is 19.7. The van der Waals surface area contributed by atoms with Gasteiger partial charge in [0.15, 0.2) is 0 Å². The molecular formula is C24H34ClN3O. The molecule has 4 aliphatic carbocycles. The predicted molar refractivity (Wildman–Crippen MR) is 118 cm³/mol. The van der Waals surface area contributed by atoms with Crippen LogP contribution in [0.15, 0.2) is 24.3 Å². The molecule has 29 heavy (non-hydrogen) atoms. The van der Waals surface area contributed by atoms with Crippen LogP contribution in [-0.4, -0.2) is 50.1 Å². The molecule has 4 saturated carbocycles. The van der Waals surface area contributed by atoms with Crippen LogP contribution in [-0.2, 0) is 4.79 Å². The second-order valence-corrected chi connectivity index (χ2v) is 10.7. The van der Waals surface area contributed by atoms with E-state index in [1.54, 1.807) is 0 Å². The van der Waals surface area contributed by atoms with E-state index in [9.17, 15) is 4.79 Å². The normalized spacial score (nSPS) is 33.8. The lowest BCUT2D eigenvalue weighted by molar-refractivity contribution is -0.129. The number of benzene rings is 1. The highest BCUT2D eigenvalue weighted by molar-refractivity contribution is 6.30. The van der Waals surface area contributed by atoms with Crippen LogP contribution in [0.25, 0.3) is 0 Å². The topological polar surface area (TPSA) is 35.6 Å². The van der Waals surface area contributed by atoms with E-state index in [0.717, 1.165) is 68.5 Å². The summed E-state index contributed by atoms with van der Waals surface area (Å²) in [4.78, 5) is 17.5. The fourth-order valence-corrected chi connectivity index (χ4v) is 7.35. The van der Waals surface area contributed by atoms with Gasteiger partial charge in [0, 0.05) is 56.4 Å². The van der Waals surface area contributed by atoms with Crippen molar-refractivity contribution in [3.8, 4) is 0 Å². The summed E-state index contributed by atoms with van der Waals surface area (Å²) in [5, 5.41) is 4.04. The number of amides is 1. The van der Waals surface area contributed by atoms with Crippen LogP contribution in [0.2, 0.25) is 5.02 Å². The highest BCUT2D eigenvalue weighted by Crippen LogP contribution is 2.61. The smallest absolute Gasteiger partial charge is 0.220 e. The third-order valence-corrected chi connectivity index (χ3v) is 8.23. The van der Waals surface area contributed by atoms with Crippen LogP contribution in [0.4, 0.5) is 5.69 Å². The number of carbonyl (C=O) groups excluding carboxylic acids is 1. The lowest BCUT2D eigenvalue weighted by Gasteiger charge is -2.56. The molecule has 5 fully saturated rings. The molecule has 6 rings (SSSR count). The van der Waals surface area contributed by atoms with E-state index in [-0.39, 0.29) is 0 Å². The Balaban J connectivity index is 1.04. The molecule has 1 saturated heterocycles. The molecule has 4 bridgehead atoms. The summed E-state index contributed by atoms with van der Waals surface area (Å²) in [6.45, 7) is 5.84. The fourth-order valence-electron chi connectivity index (χ4n) is 7.17. The van der Waals surface area contributed by atoms with E-state index in [1.165, 1.54) is 44.2 Å². The van der Waals surface area contributed by atoms with Gasteiger partial charge in [0.1, 0.15) is 0 Å². The zero-order valence-electron chi connectivity index (χ0n) is 17.4. The van der Waals surface area contributed by atoms with E-state index in [0.29, 0.717) is 11.3 Å². The van der Waals surface area contributed by atoms with Crippen molar-refractivity contribution in [2.45, 2.75) is 44.9 Å². The quantitative estimate of drug-likeness (QED) is 0.756. The van der Waals surface area contributed by atoms with Crippen LogP contribution >= 0.6 is 11.6 Å². The molecule has 0 atom stereocenters. The first-order chi connectivity index (χ1) is 14.1. The Morgan fingerprint density at radius 3 is 2.31 bits per heavy atom. The second-order valence-electron chi connectivity index (χ2n) is 10.3. The van der Waals surface area contributed by atoms with Crippen molar-refractivity contribution >= 4 is 23.2 Å². The molecule has 1 aromatic rings. The van der Waals surface area contributed by atoms with Crippen molar-refractivity contribution in [3.05, 3.63) is 29.3 Å². The van der Waals surface area contributed by atoms with Gasteiger partial charge < -0.3 is 10.2 Å². The zero-order chi connectivity index (χ0) is 19.8. The minimum Gasteiger partial charge on any atom is -0.369 e. The van der Waals surface area contributed by atoms with Gasteiger partial charge in [0.25, 0.3) is 0 Å². The van der Waals surface area contributed by atoms with Crippen molar-refractivity contribution in [3.63, 3.8) is 0 Å². The van der Waals surface area contributed by atoms with Crippen LogP contribution in [0.5, 0.6) is 0 Å². The van der Waals surface area contributed by atoms with Crippen molar-refractivity contribution in [2.24, 2.45) is 23.2 Å². The van der Waals surface area contributed by atoms with Crippen molar-refractivity contribution in [2.75, 3.05) is 44.2 Å². The molecule has 1 heterocycles. The van der Waals surface area contributed by atoms with Crippen LogP contribution in [0.3, 0.4) is 0 Å². The van der Waals surface area contributed by atoms with E-state index in [4.69, 9.17) is 11.6 Å². The Morgan fingerprint density at radius 2 is 1.69 bits per heavy atom. The van der Waals surface area contributed by atoms with Crippen LogP contribution < -0.4 is 10.2 Å². The number of hydrogen-bond acceptors (Lipinski definition) is 3. The molecule has 5 aliphatic rings. The molecule has 0 spiro atoms. The molecule has 1 amide bonds. The minimum atomic E-state index is 0.296. The van der Waals surface area contributed by atoms with E-state index < -0.39 is 0 Å². The first-order valence-corrected chi connectivity index (χ1v) is 11.9. The Labute approximate surface area is 180 Å². The molecular weight excluding hydrogens is 382 g/mol.